The van der Waals surface area contributed by atoms with Crippen molar-refractivity contribution in [2.45, 2.75) is 25.2 Å². The molecule has 0 aliphatic carbocycles. The van der Waals surface area contributed by atoms with Gasteiger partial charge < -0.3 is 10.4 Å². The van der Waals surface area contributed by atoms with E-state index in [9.17, 15) is 4.79 Å². The molecule has 17 heavy (non-hydrogen) atoms. The minimum Gasteiger partial charge on any atom is -0.481 e. The zero-order valence-corrected chi connectivity index (χ0v) is 9.93. The first kappa shape index (κ1) is 12.1. The lowest BCUT2D eigenvalue weighted by molar-refractivity contribution is -0.137. The van der Waals surface area contributed by atoms with E-state index in [2.05, 4.69) is 29.6 Å². The van der Waals surface area contributed by atoms with Gasteiger partial charge >= 0.3 is 5.97 Å². The van der Waals surface area contributed by atoms with Gasteiger partial charge in [-0.1, -0.05) is 30.3 Å². The second kappa shape index (κ2) is 5.82. The van der Waals surface area contributed by atoms with E-state index in [-0.39, 0.29) is 6.42 Å². The predicted octanol–water partition coefficient (Wildman–Crippen LogP) is 2.24. The van der Waals surface area contributed by atoms with Crippen LogP contribution < -0.4 is 5.32 Å². The largest absolute Gasteiger partial charge is 0.481 e. The molecule has 1 fully saturated rings. The molecule has 1 saturated heterocycles. The third-order valence-electron chi connectivity index (χ3n) is 3.56. The number of piperidine rings is 1. The van der Waals surface area contributed by atoms with E-state index in [4.69, 9.17) is 5.11 Å². The van der Waals surface area contributed by atoms with Crippen molar-refractivity contribution in [1.82, 2.24) is 5.32 Å². The monoisotopic (exact) mass is 233 g/mol. The van der Waals surface area contributed by atoms with E-state index in [1.165, 1.54) is 5.56 Å². The summed E-state index contributed by atoms with van der Waals surface area (Å²) in [6, 6.07) is 10.5. The van der Waals surface area contributed by atoms with E-state index in [0.29, 0.717) is 11.8 Å². The number of rotatable bonds is 4. The van der Waals surface area contributed by atoms with Gasteiger partial charge in [-0.25, -0.2) is 0 Å². The number of hydrogen-bond donors (Lipinski definition) is 2. The van der Waals surface area contributed by atoms with Crippen LogP contribution in [0.4, 0.5) is 0 Å². The Kier molecular flexibility index (Phi) is 4.15. The third kappa shape index (κ3) is 3.30. The molecule has 3 heteroatoms. The Balaban J connectivity index is 2.04. The number of carboxylic acids is 1. The smallest absolute Gasteiger partial charge is 0.303 e. The first-order chi connectivity index (χ1) is 8.27. The molecule has 1 aromatic carbocycles. The van der Waals surface area contributed by atoms with E-state index < -0.39 is 5.97 Å². The van der Waals surface area contributed by atoms with E-state index in [1.54, 1.807) is 0 Å². The molecule has 0 radical (unpaired) electrons. The topological polar surface area (TPSA) is 49.3 Å². The predicted molar refractivity (Wildman–Crippen MR) is 67.0 cm³/mol. The van der Waals surface area contributed by atoms with Crippen LogP contribution in [0.1, 0.15) is 30.7 Å². The molecule has 1 aromatic rings. The number of carbonyl (C=O) groups is 1. The summed E-state index contributed by atoms with van der Waals surface area (Å²) in [5, 5.41) is 12.1. The minimum absolute atomic E-state index is 0.273. The molecular formula is C14H19NO2. The lowest BCUT2D eigenvalue weighted by Crippen LogP contribution is -2.35. The van der Waals surface area contributed by atoms with Crippen LogP contribution in [-0.4, -0.2) is 24.2 Å². The van der Waals surface area contributed by atoms with Crippen molar-refractivity contribution in [2.24, 2.45) is 5.92 Å². The lowest BCUT2D eigenvalue weighted by atomic mass is 9.79. The molecule has 0 bridgehead atoms. The van der Waals surface area contributed by atoms with Crippen molar-refractivity contribution in [1.29, 1.82) is 0 Å². The highest BCUT2D eigenvalue weighted by atomic mass is 16.4. The number of aliphatic carboxylic acids is 1. The molecule has 1 heterocycles. The molecule has 0 aromatic heterocycles. The Morgan fingerprint density at radius 3 is 2.82 bits per heavy atom. The van der Waals surface area contributed by atoms with Crippen molar-refractivity contribution in [2.75, 3.05) is 13.1 Å². The molecule has 0 amide bonds. The highest BCUT2D eigenvalue weighted by molar-refractivity contribution is 5.66. The molecule has 1 aliphatic heterocycles. The van der Waals surface area contributed by atoms with Crippen LogP contribution in [-0.2, 0) is 4.79 Å². The van der Waals surface area contributed by atoms with Crippen LogP contribution in [0.25, 0.3) is 0 Å². The molecule has 2 rings (SSSR count). The van der Waals surface area contributed by atoms with Crippen LogP contribution in [0.3, 0.4) is 0 Å². The fourth-order valence-corrected chi connectivity index (χ4v) is 2.67. The molecule has 2 unspecified atom stereocenters. The molecule has 3 nitrogen and oxygen atoms in total. The molecule has 92 valence electrons. The van der Waals surface area contributed by atoms with Gasteiger partial charge in [0.15, 0.2) is 0 Å². The van der Waals surface area contributed by atoms with Gasteiger partial charge in [0.25, 0.3) is 0 Å². The first-order valence-corrected chi connectivity index (χ1v) is 6.25. The summed E-state index contributed by atoms with van der Waals surface area (Å²) in [4.78, 5) is 10.7. The maximum atomic E-state index is 10.7. The summed E-state index contributed by atoms with van der Waals surface area (Å²) in [5.41, 5.74) is 1.35. The van der Waals surface area contributed by atoms with Gasteiger partial charge in [0.2, 0.25) is 0 Å². The van der Waals surface area contributed by atoms with Gasteiger partial charge in [-0.05, 0) is 43.3 Å². The Hall–Kier alpha value is -1.35. The maximum Gasteiger partial charge on any atom is 0.303 e. The number of benzene rings is 1. The molecule has 0 saturated carbocycles. The standard InChI is InChI=1S/C14H19NO2/c16-14(17)7-6-12-10-15-9-8-13(12)11-4-2-1-3-5-11/h1-5,12-13,15H,6-10H2,(H,16,17). The van der Waals surface area contributed by atoms with Crippen LogP contribution >= 0.6 is 0 Å². The SMILES string of the molecule is O=C(O)CCC1CNCCC1c1ccccc1. The van der Waals surface area contributed by atoms with Crippen LogP contribution in [0.5, 0.6) is 0 Å². The van der Waals surface area contributed by atoms with E-state index in [0.717, 1.165) is 25.9 Å². The Bertz CT molecular complexity index is 364. The fraction of sp³-hybridized carbons (Fsp3) is 0.500. The average Bonchev–Trinajstić information content (AvgIpc) is 2.38. The fourth-order valence-electron chi connectivity index (χ4n) is 2.67. The van der Waals surface area contributed by atoms with Crippen LogP contribution in [0, 0.1) is 5.92 Å². The minimum atomic E-state index is -0.692. The first-order valence-electron chi connectivity index (χ1n) is 6.25. The highest BCUT2D eigenvalue weighted by Crippen LogP contribution is 2.32. The highest BCUT2D eigenvalue weighted by Gasteiger charge is 2.26. The van der Waals surface area contributed by atoms with Crippen LogP contribution in [0.2, 0.25) is 0 Å². The van der Waals surface area contributed by atoms with Gasteiger partial charge in [0, 0.05) is 6.42 Å². The number of hydrogen-bond acceptors (Lipinski definition) is 2. The van der Waals surface area contributed by atoms with Crippen molar-refractivity contribution < 1.29 is 9.90 Å². The Morgan fingerprint density at radius 2 is 2.12 bits per heavy atom. The van der Waals surface area contributed by atoms with Crippen molar-refractivity contribution in [3.8, 4) is 0 Å². The third-order valence-corrected chi connectivity index (χ3v) is 3.56. The average molecular weight is 233 g/mol. The van der Waals surface area contributed by atoms with Crippen LogP contribution in [0.15, 0.2) is 30.3 Å². The van der Waals surface area contributed by atoms with Crippen molar-refractivity contribution in [3.63, 3.8) is 0 Å². The second-order valence-electron chi connectivity index (χ2n) is 4.70. The normalized spacial score (nSPS) is 24.5. The van der Waals surface area contributed by atoms with Gasteiger partial charge in [0.1, 0.15) is 0 Å². The Labute approximate surface area is 102 Å². The molecule has 2 N–H and O–H groups in total. The van der Waals surface area contributed by atoms with Crippen molar-refractivity contribution in [3.05, 3.63) is 35.9 Å². The zero-order valence-electron chi connectivity index (χ0n) is 9.93. The summed E-state index contributed by atoms with van der Waals surface area (Å²) >= 11 is 0. The summed E-state index contributed by atoms with van der Waals surface area (Å²) in [5.74, 6) is 0.265. The Morgan fingerprint density at radius 1 is 1.35 bits per heavy atom. The summed E-state index contributed by atoms with van der Waals surface area (Å²) in [6.45, 7) is 1.97. The molecular weight excluding hydrogens is 214 g/mol. The van der Waals surface area contributed by atoms with Gasteiger partial charge in [-0.15, -0.1) is 0 Å². The number of nitrogens with one attached hydrogen (secondary N) is 1. The number of carboxylic acid groups (broad SMARTS) is 1. The summed E-state index contributed by atoms with van der Waals surface area (Å²) < 4.78 is 0. The second-order valence-corrected chi connectivity index (χ2v) is 4.70. The van der Waals surface area contributed by atoms with Crippen molar-refractivity contribution >= 4 is 5.97 Å². The van der Waals surface area contributed by atoms with E-state index >= 15 is 0 Å². The van der Waals surface area contributed by atoms with Gasteiger partial charge in [-0.3, -0.25) is 4.79 Å². The molecule has 1 aliphatic rings. The molecule has 2 atom stereocenters. The van der Waals surface area contributed by atoms with Gasteiger partial charge in [-0.2, -0.15) is 0 Å². The summed E-state index contributed by atoms with van der Waals surface area (Å²) in [7, 11) is 0. The quantitative estimate of drug-likeness (QED) is 0.838. The van der Waals surface area contributed by atoms with E-state index in [1.807, 2.05) is 6.07 Å². The lowest BCUT2D eigenvalue weighted by Gasteiger charge is -2.32. The summed E-state index contributed by atoms with van der Waals surface area (Å²) in [6.07, 6.45) is 2.14. The van der Waals surface area contributed by atoms with Gasteiger partial charge in [0.05, 0.1) is 0 Å². The zero-order chi connectivity index (χ0) is 12.1. The molecule has 0 spiro atoms. The maximum absolute atomic E-state index is 10.7.